The van der Waals surface area contributed by atoms with Crippen molar-refractivity contribution in [2.75, 3.05) is 46.4 Å². The number of benzene rings is 1. The Morgan fingerprint density at radius 1 is 1.14 bits per heavy atom. The first kappa shape index (κ1) is 17.4. The van der Waals surface area contributed by atoms with Gasteiger partial charge >= 0.3 is 0 Å². The van der Waals surface area contributed by atoms with E-state index in [4.69, 9.17) is 9.84 Å². The summed E-state index contributed by atoms with van der Waals surface area (Å²) in [5.74, 6) is 0. The summed E-state index contributed by atoms with van der Waals surface area (Å²) in [6.45, 7) is 11.7. The Balaban J connectivity index is 1.82. The van der Waals surface area contributed by atoms with Gasteiger partial charge in [0.25, 0.3) is 0 Å². The van der Waals surface area contributed by atoms with E-state index < -0.39 is 0 Å². The third kappa shape index (κ3) is 5.69. The van der Waals surface area contributed by atoms with Crippen LogP contribution in [0.3, 0.4) is 0 Å². The molecule has 1 aliphatic rings. The molecule has 0 aliphatic carbocycles. The summed E-state index contributed by atoms with van der Waals surface area (Å²) in [4.78, 5) is 4.89. The van der Waals surface area contributed by atoms with Gasteiger partial charge in [-0.25, -0.2) is 0 Å². The smallest absolute Gasteiger partial charge is 0.0681 e. The van der Waals surface area contributed by atoms with Crippen LogP contribution in [-0.2, 0) is 17.9 Å². The van der Waals surface area contributed by atoms with Crippen LogP contribution >= 0.6 is 0 Å². The van der Waals surface area contributed by atoms with E-state index in [1.807, 2.05) is 12.1 Å². The molecule has 22 heavy (non-hydrogen) atoms. The number of nitrogens with zero attached hydrogens (tertiary/aromatic N) is 2. The van der Waals surface area contributed by atoms with Crippen molar-refractivity contribution in [3.05, 3.63) is 35.4 Å². The lowest BCUT2D eigenvalue weighted by atomic mass is 9.91. The fourth-order valence-electron chi connectivity index (χ4n) is 3.26. The minimum atomic E-state index is 0.114. The van der Waals surface area contributed by atoms with E-state index in [0.717, 1.165) is 51.5 Å². The quantitative estimate of drug-likeness (QED) is 0.835. The van der Waals surface area contributed by atoms with Crippen molar-refractivity contribution in [3.63, 3.8) is 0 Å². The van der Waals surface area contributed by atoms with Crippen LogP contribution in [0.25, 0.3) is 0 Å². The molecule has 1 heterocycles. The number of rotatable bonds is 7. The first-order valence-corrected chi connectivity index (χ1v) is 8.16. The first-order valence-electron chi connectivity index (χ1n) is 8.16. The second-order valence-electron chi connectivity index (χ2n) is 7.20. The molecule has 0 saturated carbocycles. The lowest BCUT2D eigenvalue weighted by molar-refractivity contribution is 0.0161. The normalized spacial score (nSPS) is 17.1. The third-order valence-corrected chi connectivity index (χ3v) is 4.11. The number of morpholine rings is 1. The largest absolute Gasteiger partial charge is 0.392 e. The number of hydrogen-bond acceptors (Lipinski definition) is 4. The standard InChI is InChI=1S/C18H30N2O2/c1-18(2,15-20-8-10-22-11-9-20)14-19(3)12-16-4-6-17(13-21)7-5-16/h4-7,21H,8-15H2,1-3H3. The number of ether oxygens (including phenoxy) is 1. The summed E-state index contributed by atoms with van der Waals surface area (Å²) in [6.07, 6.45) is 0. The molecule has 4 nitrogen and oxygen atoms in total. The Labute approximate surface area is 134 Å². The van der Waals surface area contributed by atoms with Crippen LogP contribution < -0.4 is 0 Å². The van der Waals surface area contributed by atoms with Crippen molar-refractivity contribution in [1.82, 2.24) is 9.80 Å². The van der Waals surface area contributed by atoms with Crippen molar-refractivity contribution in [3.8, 4) is 0 Å². The van der Waals surface area contributed by atoms with Crippen molar-refractivity contribution >= 4 is 0 Å². The summed E-state index contributed by atoms with van der Waals surface area (Å²) in [5, 5.41) is 9.09. The van der Waals surface area contributed by atoms with Crippen molar-refractivity contribution < 1.29 is 9.84 Å². The van der Waals surface area contributed by atoms with Crippen LogP contribution in [0.15, 0.2) is 24.3 Å². The highest BCUT2D eigenvalue weighted by Gasteiger charge is 2.24. The predicted octanol–water partition coefficient (Wildman–Crippen LogP) is 1.97. The molecule has 0 spiro atoms. The van der Waals surface area contributed by atoms with Gasteiger partial charge in [-0.05, 0) is 23.6 Å². The van der Waals surface area contributed by atoms with Crippen LogP contribution in [0.5, 0.6) is 0 Å². The van der Waals surface area contributed by atoms with Crippen LogP contribution in [0, 0.1) is 5.41 Å². The van der Waals surface area contributed by atoms with E-state index in [-0.39, 0.29) is 12.0 Å². The molecule has 1 saturated heterocycles. The van der Waals surface area contributed by atoms with Gasteiger partial charge in [-0.15, -0.1) is 0 Å². The van der Waals surface area contributed by atoms with E-state index >= 15 is 0 Å². The Kier molecular flexibility index (Phi) is 6.38. The number of hydrogen-bond donors (Lipinski definition) is 1. The minimum Gasteiger partial charge on any atom is -0.392 e. The average molecular weight is 306 g/mol. The van der Waals surface area contributed by atoms with Gasteiger partial charge < -0.3 is 14.7 Å². The van der Waals surface area contributed by atoms with Gasteiger partial charge in [0.2, 0.25) is 0 Å². The highest BCUT2D eigenvalue weighted by Crippen LogP contribution is 2.20. The second kappa shape index (κ2) is 8.06. The lowest BCUT2D eigenvalue weighted by Crippen LogP contribution is -2.45. The fourth-order valence-corrected chi connectivity index (χ4v) is 3.26. The molecule has 2 rings (SSSR count). The molecule has 4 heteroatoms. The van der Waals surface area contributed by atoms with Gasteiger partial charge in [0, 0.05) is 32.7 Å². The van der Waals surface area contributed by atoms with Crippen LogP contribution in [0.4, 0.5) is 0 Å². The molecule has 1 N–H and O–H groups in total. The van der Waals surface area contributed by atoms with Gasteiger partial charge in [-0.1, -0.05) is 38.1 Å². The third-order valence-electron chi connectivity index (χ3n) is 4.11. The predicted molar refractivity (Wildman–Crippen MR) is 89.7 cm³/mol. The summed E-state index contributed by atoms with van der Waals surface area (Å²) >= 11 is 0. The zero-order valence-electron chi connectivity index (χ0n) is 14.2. The first-order chi connectivity index (χ1) is 10.5. The molecule has 1 fully saturated rings. The van der Waals surface area contributed by atoms with E-state index in [2.05, 4.69) is 42.8 Å². The van der Waals surface area contributed by atoms with Gasteiger partial charge in [0.1, 0.15) is 0 Å². The van der Waals surface area contributed by atoms with E-state index in [9.17, 15) is 0 Å². The maximum Gasteiger partial charge on any atom is 0.0681 e. The Morgan fingerprint density at radius 3 is 2.32 bits per heavy atom. The average Bonchev–Trinajstić information content (AvgIpc) is 2.47. The summed E-state index contributed by atoms with van der Waals surface area (Å²) in [6, 6.07) is 8.22. The van der Waals surface area contributed by atoms with Crippen LogP contribution in [0.1, 0.15) is 25.0 Å². The molecule has 1 aromatic rings. The molecule has 0 atom stereocenters. The highest BCUT2D eigenvalue weighted by atomic mass is 16.5. The van der Waals surface area contributed by atoms with Crippen molar-refractivity contribution in [1.29, 1.82) is 0 Å². The Hall–Kier alpha value is -0.940. The lowest BCUT2D eigenvalue weighted by Gasteiger charge is -2.37. The molecular formula is C18H30N2O2. The SMILES string of the molecule is CN(Cc1ccc(CO)cc1)CC(C)(C)CN1CCOCC1. The molecule has 124 valence electrons. The van der Waals surface area contributed by atoms with Crippen LogP contribution in [-0.4, -0.2) is 61.3 Å². The molecule has 0 bridgehead atoms. The maximum absolute atomic E-state index is 9.09. The second-order valence-corrected chi connectivity index (χ2v) is 7.20. The summed E-state index contributed by atoms with van der Waals surface area (Å²) in [5.41, 5.74) is 2.53. The van der Waals surface area contributed by atoms with E-state index in [1.54, 1.807) is 0 Å². The number of aliphatic hydroxyl groups excluding tert-OH is 1. The van der Waals surface area contributed by atoms with Crippen LogP contribution in [0.2, 0.25) is 0 Å². The fraction of sp³-hybridized carbons (Fsp3) is 0.667. The number of aliphatic hydroxyl groups is 1. The molecule has 0 radical (unpaired) electrons. The molecule has 0 amide bonds. The Bertz CT molecular complexity index is 439. The zero-order chi connectivity index (χ0) is 16.0. The summed E-state index contributed by atoms with van der Waals surface area (Å²) in [7, 11) is 2.18. The van der Waals surface area contributed by atoms with E-state index in [0.29, 0.717) is 0 Å². The molecular weight excluding hydrogens is 276 g/mol. The van der Waals surface area contributed by atoms with Gasteiger partial charge in [-0.2, -0.15) is 0 Å². The van der Waals surface area contributed by atoms with Gasteiger partial charge in [0.15, 0.2) is 0 Å². The topological polar surface area (TPSA) is 35.9 Å². The highest BCUT2D eigenvalue weighted by molar-refractivity contribution is 5.21. The maximum atomic E-state index is 9.09. The molecule has 0 unspecified atom stereocenters. The molecule has 1 aromatic carbocycles. The Morgan fingerprint density at radius 2 is 1.73 bits per heavy atom. The molecule has 0 aromatic heterocycles. The van der Waals surface area contributed by atoms with Gasteiger partial charge in [0.05, 0.1) is 19.8 Å². The molecule has 1 aliphatic heterocycles. The van der Waals surface area contributed by atoms with Crippen molar-refractivity contribution in [2.45, 2.75) is 27.0 Å². The zero-order valence-corrected chi connectivity index (χ0v) is 14.2. The van der Waals surface area contributed by atoms with Gasteiger partial charge in [-0.3, -0.25) is 4.90 Å². The van der Waals surface area contributed by atoms with E-state index in [1.165, 1.54) is 5.56 Å². The van der Waals surface area contributed by atoms with Crippen molar-refractivity contribution in [2.24, 2.45) is 5.41 Å². The monoisotopic (exact) mass is 306 g/mol. The summed E-state index contributed by atoms with van der Waals surface area (Å²) < 4.78 is 5.42. The minimum absolute atomic E-state index is 0.114.